The van der Waals surface area contributed by atoms with Crippen LogP contribution in [0.4, 0.5) is 9.18 Å². The first-order chi connectivity index (χ1) is 13.0. The predicted molar refractivity (Wildman–Crippen MR) is 93.3 cm³/mol. The highest BCUT2D eigenvalue weighted by Gasteiger charge is 2.40. The molecular weight excluding hydrogens is 353 g/mol. The number of halogens is 1. The van der Waals surface area contributed by atoms with E-state index >= 15 is 0 Å². The van der Waals surface area contributed by atoms with Gasteiger partial charge >= 0.3 is 6.09 Å². The van der Waals surface area contributed by atoms with Gasteiger partial charge in [-0.3, -0.25) is 4.79 Å². The first-order valence-corrected chi connectivity index (χ1v) is 8.96. The molecule has 7 nitrogen and oxygen atoms in total. The van der Waals surface area contributed by atoms with Gasteiger partial charge in [0.1, 0.15) is 17.7 Å². The summed E-state index contributed by atoms with van der Waals surface area (Å²) in [6, 6.07) is 6.48. The molecule has 1 unspecified atom stereocenters. The lowest BCUT2D eigenvalue weighted by Gasteiger charge is -2.11. The number of rotatable bonds is 6. The number of aryl methyl sites for hydroxylation is 1. The van der Waals surface area contributed by atoms with Crippen molar-refractivity contribution >= 4 is 12.0 Å². The summed E-state index contributed by atoms with van der Waals surface area (Å²) in [6.07, 6.45) is 1.40. The van der Waals surface area contributed by atoms with Crippen molar-refractivity contribution in [2.45, 2.75) is 38.3 Å². The fourth-order valence-corrected chi connectivity index (χ4v) is 3.12. The number of amides is 2. The Kier molecular flexibility index (Phi) is 4.55. The first kappa shape index (κ1) is 17.5. The third-order valence-electron chi connectivity index (χ3n) is 4.74. The zero-order chi connectivity index (χ0) is 19.0. The average molecular weight is 373 g/mol. The van der Waals surface area contributed by atoms with Gasteiger partial charge in [0.15, 0.2) is 0 Å². The van der Waals surface area contributed by atoms with Crippen LogP contribution in [0.1, 0.15) is 24.3 Å². The van der Waals surface area contributed by atoms with Crippen LogP contribution in [0.25, 0.3) is 11.5 Å². The third kappa shape index (κ3) is 3.79. The fourth-order valence-electron chi connectivity index (χ4n) is 3.12. The smallest absolute Gasteiger partial charge is 0.410 e. The Labute approximate surface area is 155 Å². The van der Waals surface area contributed by atoms with Crippen molar-refractivity contribution < 1.29 is 23.1 Å². The molecule has 0 radical (unpaired) electrons. The van der Waals surface area contributed by atoms with Gasteiger partial charge in [0.05, 0.1) is 30.8 Å². The van der Waals surface area contributed by atoms with E-state index in [0.717, 1.165) is 12.8 Å². The number of carbonyl (C=O) groups is 2. The summed E-state index contributed by atoms with van der Waals surface area (Å²) in [5.74, 6) is -0.0702. The lowest BCUT2D eigenvalue weighted by atomic mass is 10.2. The Hall–Kier alpha value is -2.90. The largest absolute Gasteiger partial charge is 0.442 e. The second-order valence-electron chi connectivity index (χ2n) is 6.87. The average Bonchev–Trinajstić information content (AvgIpc) is 3.32. The maximum Gasteiger partial charge on any atom is 0.410 e. The molecule has 0 bridgehead atoms. The van der Waals surface area contributed by atoms with Gasteiger partial charge in [-0.25, -0.2) is 14.2 Å². The summed E-state index contributed by atoms with van der Waals surface area (Å²) in [5, 5.41) is 2.76. The maximum absolute atomic E-state index is 13.9. The summed E-state index contributed by atoms with van der Waals surface area (Å²) < 4.78 is 24.7. The molecule has 2 aromatic rings. The van der Waals surface area contributed by atoms with Gasteiger partial charge in [-0.05, 0) is 31.9 Å². The SMILES string of the molecule is Cc1oc(-c2ccccc2F)nc1CC(=O)NCC1CN(C2CC2)C(=O)O1. The van der Waals surface area contributed by atoms with Crippen LogP contribution in [0, 0.1) is 12.7 Å². The lowest BCUT2D eigenvalue weighted by molar-refractivity contribution is -0.120. The summed E-state index contributed by atoms with van der Waals surface area (Å²) in [4.78, 5) is 29.9. The number of hydrogen-bond donors (Lipinski definition) is 1. The van der Waals surface area contributed by atoms with E-state index < -0.39 is 5.82 Å². The highest BCUT2D eigenvalue weighted by Crippen LogP contribution is 2.30. The van der Waals surface area contributed by atoms with Crippen molar-refractivity contribution in [1.82, 2.24) is 15.2 Å². The number of oxazole rings is 1. The number of cyclic esters (lactones) is 1. The Morgan fingerprint density at radius 1 is 1.37 bits per heavy atom. The van der Waals surface area contributed by atoms with Crippen molar-refractivity contribution in [1.29, 1.82) is 0 Å². The number of ether oxygens (including phenoxy) is 1. The van der Waals surface area contributed by atoms with Crippen LogP contribution >= 0.6 is 0 Å². The van der Waals surface area contributed by atoms with E-state index in [1.54, 1.807) is 30.0 Å². The molecule has 2 heterocycles. The number of nitrogens with one attached hydrogen (secondary N) is 1. The zero-order valence-corrected chi connectivity index (χ0v) is 14.9. The molecular formula is C19H20FN3O4. The molecule has 2 fully saturated rings. The molecule has 4 rings (SSSR count). The van der Waals surface area contributed by atoms with Gasteiger partial charge in [0.25, 0.3) is 0 Å². The van der Waals surface area contributed by atoms with Crippen LogP contribution < -0.4 is 5.32 Å². The topological polar surface area (TPSA) is 84.7 Å². The lowest BCUT2D eigenvalue weighted by Crippen LogP contribution is -2.35. The molecule has 1 aliphatic heterocycles. The molecule has 2 amide bonds. The van der Waals surface area contributed by atoms with Crippen LogP contribution in [-0.4, -0.2) is 47.1 Å². The molecule has 1 saturated heterocycles. The van der Waals surface area contributed by atoms with Crippen LogP contribution in [0.15, 0.2) is 28.7 Å². The van der Waals surface area contributed by atoms with E-state index in [1.807, 2.05) is 0 Å². The van der Waals surface area contributed by atoms with Crippen LogP contribution in [0.5, 0.6) is 0 Å². The molecule has 2 aliphatic rings. The van der Waals surface area contributed by atoms with Crippen molar-refractivity contribution in [2.75, 3.05) is 13.1 Å². The number of carbonyl (C=O) groups excluding carboxylic acids is 2. The normalized spacial score (nSPS) is 19.3. The molecule has 1 saturated carbocycles. The number of hydrogen-bond acceptors (Lipinski definition) is 5. The maximum atomic E-state index is 13.9. The Morgan fingerprint density at radius 2 is 2.15 bits per heavy atom. The van der Waals surface area contributed by atoms with Crippen molar-refractivity contribution in [3.8, 4) is 11.5 Å². The molecule has 1 N–H and O–H groups in total. The highest BCUT2D eigenvalue weighted by molar-refractivity contribution is 5.78. The standard InChI is InChI=1S/C19H20FN3O4/c1-11-16(22-18(26-11)14-4-2-3-5-15(14)20)8-17(24)21-9-13-10-23(12-6-7-12)19(25)27-13/h2-5,12-13H,6-10H2,1H3,(H,21,24). The molecule has 1 aromatic carbocycles. The van der Waals surface area contributed by atoms with Gasteiger partial charge < -0.3 is 19.4 Å². The van der Waals surface area contributed by atoms with Crippen molar-refractivity contribution in [2.24, 2.45) is 0 Å². The van der Waals surface area contributed by atoms with Crippen LogP contribution in [0.2, 0.25) is 0 Å². The Morgan fingerprint density at radius 3 is 2.89 bits per heavy atom. The third-order valence-corrected chi connectivity index (χ3v) is 4.74. The quantitative estimate of drug-likeness (QED) is 0.841. The van der Waals surface area contributed by atoms with E-state index in [2.05, 4.69) is 10.3 Å². The van der Waals surface area contributed by atoms with Crippen LogP contribution in [-0.2, 0) is 16.0 Å². The summed E-state index contributed by atoms with van der Waals surface area (Å²) in [6.45, 7) is 2.45. The number of benzene rings is 1. The van der Waals surface area contributed by atoms with E-state index in [1.165, 1.54) is 6.07 Å². The summed E-state index contributed by atoms with van der Waals surface area (Å²) >= 11 is 0. The minimum atomic E-state index is -0.432. The van der Waals surface area contributed by atoms with Crippen LogP contribution in [0.3, 0.4) is 0 Å². The first-order valence-electron chi connectivity index (χ1n) is 8.96. The van der Waals surface area contributed by atoms with E-state index in [-0.39, 0.29) is 42.5 Å². The van der Waals surface area contributed by atoms with Gasteiger partial charge in [0, 0.05) is 6.04 Å². The molecule has 27 heavy (non-hydrogen) atoms. The van der Waals surface area contributed by atoms with E-state index in [9.17, 15) is 14.0 Å². The van der Waals surface area contributed by atoms with Crippen molar-refractivity contribution in [3.05, 3.63) is 41.5 Å². The number of aromatic nitrogens is 1. The molecule has 1 aliphatic carbocycles. The zero-order valence-electron chi connectivity index (χ0n) is 14.9. The summed E-state index contributed by atoms with van der Waals surface area (Å²) in [7, 11) is 0. The fraction of sp³-hybridized carbons (Fsp3) is 0.421. The molecule has 1 atom stereocenters. The minimum Gasteiger partial charge on any atom is -0.442 e. The predicted octanol–water partition coefficient (Wildman–Crippen LogP) is 2.43. The van der Waals surface area contributed by atoms with Gasteiger partial charge in [-0.2, -0.15) is 0 Å². The van der Waals surface area contributed by atoms with Gasteiger partial charge in [0.2, 0.25) is 11.8 Å². The van der Waals surface area contributed by atoms with Crippen molar-refractivity contribution in [3.63, 3.8) is 0 Å². The van der Waals surface area contributed by atoms with Gasteiger partial charge in [-0.1, -0.05) is 12.1 Å². The Balaban J connectivity index is 1.33. The minimum absolute atomic E-state index is 0.0107. The van der Waals surface area contributed by atoms with E-state index in [4.69, 9.17) is 9.15 Å². The molecule has 8 heteroatoms. The summed E-state index contributed by atoms with van der Waals surface area (Å²) in [5.41, 5.74) is 0.707. The van der Waals surface area contributed by atoms with Gasteiger partial charge in [-0.15, -0.1) is 0 Å². The highest BCUT2D eigenvalue weighted by atomic mass is 19.1. The Bertz CT molecular complexity index is 878. The molecule has 0 spiro atoms. The second-order valence-corrected chi connectivity index (χ2v) is 6.87. The molecule has 1 aromatic heterocycles. The monoisotopic (exact) mass is 373 g/mol. The molecule has 142 valence electrons. The number of nitrogens with zero attached hydrogens (tertiary/aromatic N) is 2. The van der Waals surface area contributed by atoms with E-state index in [0.29, 0.717) is 24.0 Å². The second kappa shape index (κ2) is 7.02.